The molecule has 0 rings (SSSR count). The van der Waals surface area contributed by atoms with Crippen molar-refractivity contribution in [3.63, 3.8) is 0 Å². The second-order valence-electron chi connectivity index (χ2n) is 26.6. The number of hydrogen-bond donors (Lipinski definition) is 0. The number of phosphoric ester groups is 1. The second kappa shape index (κ2) is 69.5. The highest BCUT2D eigenvalue weighted by atomic mass is 31.2. The first-order valence-corrected chi connectivity index (χ1v) is 39.3. The SMILES string of the molecule is CC/C=C\C/C=C\C/C=C\C/C=C\C/C=C\C/C=C\C/C=C\CCCCCCCCCCCCCCCCCCCCCC(=O)OC(COC(=O)CCCCCCCCCCCCCCCCCCCCCCCCCC)COP(=O)([O-])OCC[N+](C)(C)C. The van der Waals surface area contributed by atoms with Crippen LogP contribution < -0.4 is 4.89 Å². The van der Waals surface area contributed by atoms with Crippen molar-refractivity contribution in [2.45, 2.75) is 360 Å². The Morgan fingerprint density at radius 2 is 0.640 bits per heavy atom. The van der Waals surface area contributed by atoms with E-state index in [9.17, 15) is 19.0 Å². The average molecular weight is 1270 g/mol. The van der Waals surface area contributed by atoms with Gasteiger partial charge in [-0.1, -0.05) is 356 Å². The average Bonchev–Trinajstić information content (AvgIpc) is 3.60. The molecule has 2 unspecified atom stereocenters. The quantitative estimate of drug-likeness (QED) is 0.0195. The molecule has 0 aromatic heterocycles. The minimum absolute atomic E-state index is 0.0295. The molecule has 0 saturated heterocycles. The van der Waals surface area contributed by atoms with Crippen LogP contribution in [-0.4, -0.2) is 70.0 Å². The molecule has 0 aromatic rings. The number of likely N-dealkylation sites (N-methyl/N-ethyl adjacent to an activating group) is 1. The lowest BCUT2D eigenvalue weighted by atomic mass is 10.0. The summed E-state index contributed by atoms with van der Waals surface area (Å²) in [5.41, 5.74) is 0. The Kier molecular flexibility index (Phi) is 67.3. The van der Waals surface area contributed by atoms with Gasteiger partial charge in [0.2, 0.25) is 0 Å². The van der Waals surface area contributed by atoms with E-state index in [1.165, 1.54) is 238 Å². The van der Waals surface area contributed by atoms with Gasteiger partial charge < -0.3 is 27.9 Å². The first-order chi connectivity index (χ1) is 43.5. The molecule has 89 heavy (non-hydrogen) atoms. The molecule has 0 heterocycles. The van der Waals surface area contributed by atoms with Crippen molar-refractivity contribution in [3.05, 3.63) is 85.1 Å². The number of nitrogens with zero attached hydrogens (tertiary/aromatic N) is 1. The van der Waals surface area contributed by atoms with E-state index in [0.29, 0.717) is 17.4 Å². The van der Waals surface area contributed by atoms with Gasteiger partial charge in [0.1, 0.15) is 19.8 Å². The predicted octanol–water partition coefficient (Wildman–Crippen LogP) is 24.3. The Morgan fingerprint density at radius 1 is 0.360 bits per heavy atom. The van der Waals surface area contributed by atoms with E-state index in [2.05, 4.69) is 98.9 Å². The molecule has 0 saturated carbocycles. The molecular weight excluding hydrogens is 1120 g/mol. The topological polar surface area (TPSA) is 111 Å². The van der Waals surface area contributed by atoms with Gasteiger partial charge in [0.25, 0.3) is 7.82 Å². The van der Waals surface area contributed by atoms with Crippen molar-refractivity contribution in [1.29, 1.82) is 0 Å². The molecular formula is C79H144NO8P. The lowest BCUT2D eigenvalue weighted by Crippen LogP contribution is -2.37. The Bertz CT molecular complexity index is 1780. The minimum Gasteiger partial charge on any atom is -0.756 e. The van der Waals surface area contributed by atoms with Crippen LogP contribution in [0.25, 0.3) is 0 Å². The highest BCUT2D eigenvalue weighted by Gasteiger charge is 2.22. The fourth-order valence-electron chi connectivity index (χ4n) is 10.9. The summed E-state index contributed by atoms with van der Waals surface area (Å²) < 4.78 is 34.4. The number of esters is 2. The molecule has 0 fully saturated rings. The van der Waals surface area contributed by atoms with Crippen LogP contribution in [0.1, 0.15) is 354 Å². The van der Waals surface area contributed by atoms with E-state index >= 15 is 0 Å². The predicted molar refractivity (Wildman–Crippen MR) is 383 cm³/mol. The smallest absolute Gasteiger partial charge is 0.306 e. The van der Waals surface area contributed by atoms with E-state index in [0.717, 1.165) is 83.5 Å². The normalized spacial score (nSPS) is 13.6. The van der Waals surface area contributed by atoms with Crippen molar-refractivity contribution in [3.8, 4) is 0 Å². The highest BCUT2D eigenvalue weighted by Crippen LogP contribution is 2.38. The summed E-state index contributed by atoms with van der Waals surface area (Å²) in [7, 11) is 1.18. The number of allylic oxidation sites excluding steroid dienone is 14. The standard InChI is InChI=1S/C79H144NO8P/c1-6-8-10-12-14-16-18-20-22-24-26-28-30-32-33-34-35-36-37-38-39-40-41-42-43-44-45-46-47-48-50-52-54-56-58-60-62-64-66-68-70-72-79(82)88-77(76-87-89(83,84)86-74-73-80(3,4)5)75-85-78(81)71-69-67-65-63-61-59-57-55-53-51-49-31-29-27-25-23-21-19-17-15-13-11-9-7-2/h8,10,14,16,20,22,26,28,32-33,35-36,38-39,77H,6-7,9,11-13,15,17-19,21,23-25,27,29-31,34,37,40-76H2,1-5H3/b10-8-,16-14-,22-20-,28-26-,33-32-,36-35-,39-38-. The van der Waals surface area contributed by atoms with Crippen LogP contribution in [0.2, 0.25) is 0 Å². The van der Waals surface area contributed by atoms with Crippen molar-refractivity contribution in [2.75, 3.05) is 47.5 Å². The zero-order valence-corrected chi connectivity index (χ0v) is 60.0. The van der Waals surface area contributed by atoms with Crippen LogP contribution in [0.4, 0.5) is 0 Å². The summed E-state index contributed by atoms with van der Waals surface area (Å²) in [6.07, 6.45) is 95.4. The molecule has 0 amide bonds. The van der Waals surface area contributed by atoms with Gasteiger partial charge in [0, 0.05) is 12.8 Å². The summed E-state index contributed by atoms with van der Waals surface area (Å²) in [5, 5.41) is 0. The Labute approximate surface area is 551 Å². The molecule has 10 heteroatoms. The molecule has 518 valence electrons. The van der Waals surface area contributed by atoms with E-state index in [-0.39, 0.29) is 32.0 Å². The Balaban J connectivity index is 3.95. The van der Waals surface area contributed by atoms with Gasteiger partial charge in [-0.15, -0.1) is 0 Å². The number of carbonyl (C=O) groups excluding carboxylic acids is 2. The van der Waals surface area contributed by atoms with Crippen LogP contribution in [-0.2, 0) is 32.7 Å². The van der Waals surface area contributed by atoms with E-state index in [1.807, 2.05) is 21.1 Å². The van der Waals surface area contributed by atoms with E-state index in [1.54, 1.807) is 0 Å². The third-order valence-corrected chi connectivity index (χ3v) is 17.6. The summed E-state index contributed by atoms with van der Waals surface area (Å²) in [4.78, 5) is 38.1. The number of unbranched alkanes of at least 4 members (excludes halogenated alkanes) is 42. The lowest BCUT2D eigenvalue weighted by Gasteiger charge is -2.28. The highest BCUT2D eigenvalue weighted by molar-refractivity contribution is 7.45. The van der Waals surface area contributed by atoms with Gasteiger partial charge in [0.05, 0.1) is 27.7 Å². The summed E-state index contributed by atoms with van der Waals surface area (Å²) in [6, 6.07) is 0. The number of hydrogen-bond acceptors (Lipinski definition) is 8. The van der Waals surface area contributed by atoms with Gasteiger partial charge >= 0.3 is 11.9 Å². The van der Waals surface area contributed by atoms with Gasteiger partial charge in [0.15, 0.2) is 6.10 Å². The third kappa shape index (κ3) is 74.1. The minimum atomic E-state index is -4.64. The van der Waals surface area contributed by atoms with Gasteiger partial charge in [-0.3, -0.25) is 14.2 Å². The monoisotopic (exact) mass is 1270 g/mol. The zero-order valence-electron chi connectivity index (χ0n) is 59.1. The summed E-state index contributed by atoms with van der Waals surface area (Å²) in [5.74, 6) is -0.814. The molecule has 0 aliphatic carbocycles. The first kappa shape index (κ1) is 86.2. The molecule has 0 N–H and O–H groups in total. The Morgan fingerprint density at radius 3 is 0.955 bits per heavy atom. The number of rotatable bonds is 70. The summed E-state index contributed by atoms with van der Waals surface area (Å²) in [6.45, 7) is 4.19. The van der Waals surface area contributed by atoms with Crippen molar-refractivity contribution >= 4 is 19.8 Å². The lowest BCUT2D eigenvalue weighted by molar-refractivity contribution is -0.870. The molecule has 0 aromatic carbocycles. The fraction of sp³-hybridized carbons (Fsp3) is 0.797. The van der Waals surface area contributed by atoms with Crippen molar-refractivity contribution in [1.82, 2.24) is 0 Å². The number of ether oxygens (including phenoxy) is 2. The molecule has 0 radical (unpaired) electrons. The fourth-order valence-corrected chi connectivity index (χ4v) is 11.7. The largest absolute Gasteiger partial charge is 0.756 e. The molecule has 0 spiro atoms. The second-order valence-corrected chi connectivity index (χ2v) is 28.1. The Hall–Kier alpha value is -2.81. The van der Waals surface area contributed by atoms with E-state index < -0.39 is 26.5 Å². The number of carbonyl (C=O) groups is 2. The maximum absolute atomic E-state index is 12.9. The van der Waals surface area contributed by atoms with Gasteiger partial charge in [-0.2, -0.15) is 0 Å². The van der Waals surface area contributed by atoms with E-state index in [4.69, 9.17) is 18.5 Å². The van der Waals surface area contributed by atoms with Crippen molar-refractivity contribution < 1.29 is 42.1 Å². The number of phosphoric acid groups is 1. The summed E-state index contributed by atoms with van der Waals surface area (Å²) >= 11 is 0. The van der Waals surface area contributed by atoms with Crippen LogP contribution in [0, 0.1) is 0 Å². The third-order valence-electron chi connectivity index (χ3n) is 16.7. The molecule has 0 bridgehead atoms. The van der Waals surface area contributed by atoms with Gasteiger partial charge in [-0.05, 0) is 70.6 Å². The maximum atomic E-state index is 12.9. The molecule has 0 aliphatic rings. The van der Waals surface area contributed by atoms with Crippen LogP contribution >= 0.6 is 7.82 Å². The molecule has 9 nitrogen and oxygen atoms in total. The van der Waals surface area contributed by atoms with Crippen LogP contribution in [0.15, 0.2) is 85.1 Å². The van der Waals surface area contributed by atoms with Crippen LogP contribution in [0.3, 0.4) is 0 Å². The van der Waals surface area contributed by atoms with Crippen molar-refractivity contribution in [2.24, 2.45) is 0 Å². The molecule has 2 atom stereocenters. The molecule has 0 aliphatic heterocycles. The van der Waals surface area contributed by atoms with Gasteiger partial charge in [-0.25, -0.2) is 0 Å². The maximum Gasteiger partial charge on any atom is 0.306 e. The zero-order chi connectivity index (χ0) is 64.8. The number of quaternary nitrogens is 1. The van der Waals surface area contributed by atoms with Crippen LogP contribution in [0.5, 0.6) is 0 Å². The first-order valence-electron chi connectivity index (χ1n) is 37.8.